The standard InChI is InChI=1S/C17H25N3O4S/c1-25(21,22)23-12-13-6-7-14-11-20(9-8-19(14)10-13)17-15-4-2-3-5-16(15)24-18-17/h2-5,13-14,17-18H,6-12H2,1H3/t13-,14-,17?/m0/s1. The van der Waals surface area contributed by atoms with E-state index in [2.05, 4.69) is 21.3 Å². The highest BCUT2D eigenvalue weighted by molar-refractivity contribution is 7.85. The highest BCUT2D eigenvalue weighted by atomic mass is 32.2. The maximum absolute atomic E-state index is 11.2. The van der Waals surface area contributed by atoms with Gasteiger partial charge in [0, 0.05) is 37.8 Å². The number of rotatable bonds is 4. The van der Waals surface area contributed by atoms with Crippen molar-refractivity contribution in [1.82, 2.24) is 15.3 Å². The number of hydroxylamine groups is 1. The third kappa shape index (κ3) is 3.83. The lowest BCUT2D eigenvalue weighted by Gasteiger charge is -2.47. The van der Waals surface area contributed by atoms with E-state index in [0.29, 0.717) is 18.6 Å². The van der Waals surface area contributed by atoms with Crippen LogP contribution in [0.3, 0.4) is 0 Å². The Morgan fingerprint density at radius 3 is 2.84 bits per heavy atom. The molecule has 0 bridgehead atoms. The number of benzene rings is 1. The normalized spacial score (nSPS) is 30.5. The number of hydrogen-bond acceptors (Lipinski definition) is 7. The first-order chi connectivity index (χ1) is 12.0. The van der Waals surface area contributed by atoms with Crippen LogP contribution in [0.1, 0.15) is 24.6 Å². The monoisotopic (exact) mass is 367 g/mol. The zero-order chi connectivity index (χ0) is 17.4. The molecule has 0 aliphatic carbocycles. The summed E-state index contributed by atoms with van der Waals surface area (Å²) < 4.78 is 27.4. The van der Waals surface area contributed by atoms with Gasteiger partial charge >= 0.3 is 0 Å². The fraction of sp³-hybridized carbons (Fsp3) is 0.647. The van der Waals surface area contributed by atoms with Crippen LogP contribution < -0.4 is 10.3 Å². The molecular weight excluding hydrogens is 342 g/mol. The van der Waals surface area contributed by atoms with Gasteiger partial charge in [0.25, 0.3) is 10.1 Å². The number of piperazine rings is 1. The van der Waals surface area contributed by atoms with Crippen LogP contribution in [0.15, 0.2) is 24.3 Å². The summed E-state index contributed by atoms with van der Waals surface area (Å²) in [5.41, 5.74) is 4.35. The van der Waals surface area contributed by atoms with Crippen LogP contribution in [0.25, 0.3) is 0 Å². The molecule has 1 aromatic rings. The molecule has 0 amide bonds. The highest BCUT2D eigenvalue weighted by Gasteiger charge is 2.38. The quantitative estimate of drug-likeness (QED) is 0.795. The van der Waals surface area contributed by atoms with Gasteiger partial charge < -0.3 is 4.84 Å². The number of fused-ring (bicyclic) bond motifs is 2. The van der Waals surface area contributed by atoms with Crippen LogP contribution in [0, 0.1) is 5.92 Å². The summed E-state index contributed by atoms with van der Waals surface area (Å²) in [5.74, 6) is 1.21. The third-order valence-corrected chi connectivity index (χ3v) is 5.98. The SMILES string of the molecule is CS(=O)(=O)OC[C@H]1CC[C@H]2CN(C3NOc4ccccc43)CCN2C1. The molecule has 2 fully saturated rings. The molecule has 138 valence electrons. The van der Waals surface area contributed by atoms with Crippen LogP contribution in [-0.4, -0.2) is 63.3 Å². The molecule has 7 nitrogen and oxygen atoms in total. The first-order valence-corrected chi connectivity index (χ1v) is 10.6. The summed E-state index contributed by atoms with van der Waals surface area (Å²) >= 11 is 0. The molecule has 3 aliphatic heterocycles. The molecule has 1 N–H and O–H groups in total. The molecule has 3 aliphatic rings. The van der Waals surface area contributed by atoms with E-state index in [1.807, 2.05) is 18.2 Å². The predicted molar refractivity (Wildman–Crippen MR) is 93.4 cm³/mol. The van der Waals surface area contributed by atoms with Crippen molar-refractivity contribution in [3.8, 4) is 5.75 Å². The van der Waals surface area contributed by atoms with Gasteiger partial charge in [-0.1, -0.05) is 18.2 Å². The third-order valence-electron chi connectivity index (χ3n) is 5.41. The van der Waals surface area contributed by atoms with Crippen LogP contribution >= 0.6 is 0 Å². The number of piperidine rings is 1. The smallest absolute Gasteiger partial charge is 0.264 e. The second-order valence-electron chi connectivity index (χ2n) is 7.24. The molecule has 1 aromatic carbocycles. The minimum atomic E-state index is -3.35. The van der Waals surface area contributed by atoms with Crippen molar-refractivity contribution in [2.75, 3.05) is 39.0 Å². The maximum atomic E-state index is 11.2. The fourth-order valence-corrected chi connectivity index (χ4v) is 4.57. The lowest BCUT2D eigenvalue weighted by Crippen LogP contribution is -2.58. The largest absolute Gasteiger partial charge is 0.406 e. The van der Waals surface area contributed by atoms with Crippen LogP contribution in [0.2, 0.25) is 0 Å². The number of nitrogens with one attached hydrogen (secondary N) is 1. The van der Waals surface area contributed by atoms with Gasteiger partial charge in [-0.3, -0.25) is 14.0 Å². The Hall–Kier alpha value is -1.19. The van der Waals surface area contributed by atoms with E-state index in [1.165, 1.54) is 5.56 Å². The van der Waals surface area contributed by atoms with Gasteiger partial charge in [-0.05, 0) is 24.8 Å². The van der Waals surface area contributed by atoms with Crippen LogP contribution in [-0.2, 0) is 14.3 Å². The zero-order valence-corrected chi connectivity index (χ0v) is 15.2. The van der Waals surface area contributed by atoms with E-state index >= 15 is 0 Å². The maximum Gasteiger partial charge on any atom is 0.264 e. The molecule has 8 heteroatoms. The Bertz CT molecular complexity index is 726. The topological polar surface area (TPSA) is 71.1 Å². The summed E-state index contributed by atoms with van der Waals surface area (Å²) in [6, 6.07) is 8.65. The second kappa shape index (κ2) is 6.85. The molecular formula is C17H25N3O4S. The Balaban J connectivity index is 1.35. The van der Waals surface area contributed by atoms with E-state index in [-0.39, 0.29) is 6.17 Å². The number of hydrogen-bond donors (Lipinski definition) is 1. The van der Waals surface area contributed by atoms with E-state index in [1.54, 1.807) is 0 Å². The Kier molecular flexibility index (Phi) is 4.72. The van der Waals surface area contributed by atoms with Crippen molar-refractivity contribution < 1.29 is 17.4 Å². The molecule has 3 atom stereocenters. The molecule has 0 spiro atoms. The van der Waals surface area contributed by atoms with Crippen molar-refractivity contribution >= 4 is 10.1 Å². The van der Waals surface area contributed by atoms with Gasteiger partial charge in [-0.25, -0.2) is 0 Å². The van der Waals surface area contributed by atoms with Gasteiger partial charge in [0.05, 0.1) is 12.9 Å². The molecule has 2 saturated heterocycles. The molecule has 0 radical (unpaired) electrons. The average Bonchev–Trinajstić information content (AvgIpc) is 3.03. The molecule has 25 heavy (non-hydrogen) atoms. The molecule has 0 saturated carbocycles. The average molecular weight is 367 g/mol. The fourth-order valence-electron chi connectivity index (χ4n) is 4.13. The lowest BCUT2D eigenvalue weighted by atomic mass is 9.91. The van der Waals surface area contributed by atoms with Gasteiger partial charge in [-0.2, -0.15) is 8.42 Å². The molecule has 0 aromatic heterocycles. The molecule has 4 rings (SSSR count). The summed E-state index contributed by atoms with van der Waals surface area (Å²) in [6.45, 7) is 4.16. The first kappa shape index (κ1) is 17.2. The van der Waals surface area contributed by atoms with Gasteiger partial charge in [0.15, 0.2) is 5.75 Å². The summed E-state index contributed by atoms with van der Waals surface area (Å²) in [7, 11) is -3.35. The first-order valence-electron chi connectivity index (χ1n) is 8.83. The van der Waals surface area contributed by atoms with E-state index in [4.69, 9.17) is 9.02 Å². The van der Waals surface area contributed by atoms with Crippen molar-refractivity contribution in [2.45, 2.75) is 25.0 Å². The van der Waals surface area contributed by atoms with Gasteiger partial charge in [0.1, 0.15) is 6.17 Å². The Morgan fingerprint density at radius 2 is 2.00 bits per heavy atom. The van der Waals surface area contributed by atoms with Crippen molar-refractivity contribution in [1.29, 1.82) is 0 Å². The van der Waals surface area contributed by atoms with E-state index in [9.17, 15) is 8.42 Å². The number of nitrogens with zero attached hydrogens (tertiary/aromatic N) is 2. The highest BCUT2D eigenvalue weighted by Crippen LogP contribution is 2.35. The van der Waals surface area contributed by atoms with Crippen molar-refractivity contribution in [2.24, 2.45) is 5.92 Å². The summed E-state index contributed by atoms with van der Waals surface area (Å²) in [4.78, 5) is 10.5. The zero-order valence-electron chi connectivity index (χ0n) is 14.4. The van der Waals surface area contributed by atoms with E-state index < -0.39 is 10.1 Å². The lowest BCUT2D eigenvalue weighted by molar-refractivity contribution is -0.0186. The van der Waals surface area contributed by atoms with Crippen molar-refractivity contribution in [3.63, 3.8) is 0 Å². The van der Waals surface area contributed by atoms with Crippen molar-refractivity contribution in [3.05, 3.63) is 29.8 Å². The summed E-state index contributed by atoms with van der Waals surface area (Å²) in [5, 5.41) is 0. The second-order valence-corrected chi connectivity index (χ2v) is 8.88. The van der Waals surface area contributed by atoms with Crippen LogP contribution in [0.4, 0.5) is 0 Å². The molecule has 1 unspecified atom stereocenters. The van der Waals surface area contributed by atoms with Gasteiger partial charge in [0.2, 0.25) is 0 Å². The Labute approximate surface area is 149 Å². The minimum Gasteiger partial charge on any atom is -0.406 e. The van der Waals surface area contributed by atoms with E-state index in [0.717, 1.165) is 51.0 Å². The minimum absolute atomic E-state index is 0.115. The van der Waals surface area contributed by atoms with Gasteiger partial charge in [-0.15, -0.1) is 5.48 Å². The van der Waals surface area contributed by atoms with Crippen LogP contribution in [0.5, 0.6) is 5.75 Å². The molecule has 3 heterocycles. The Morgan fingerprint density at radius 1 is 1.20 bits per heavy atom. The predicted octanol–water partition coefficient (Wildman–Crippen LogP) is 0.955. The number of para-hydroxylation sites is 1. The summed E-state index contributed by atoms with van der Waals surface area (Å²) in [6.07, 6.45) is 3.31.